The van der Waals surface area contributed by atoms with Crippen molar-refractivity contribution in [1.82, 2.24) is 0 Å². The van der Waals surface area contributed by atoms with E-state index in [1.54, 1.807) is 0 Å². The van der Waals surface area contributed by atoms with Gasteiger partial charge >= 0.3 is 0 Å². The van der Waals surface area contributed by atoms with Crippen LogP contribution in [0.15, 0.2) is 0 Å². The van der Waals surface area contributed by atoms with Crippen LogP contribution in [0.25, 0.3) is 0 Å². The van der Waals surface area contributed by atoms with Gasteiger partial charge in [-0.2, -0.15) is 0 Å². The molecule has 31 valence electrons. The van der Waals surface area contributed by atoms with Crippen LogP contribution in [-0.2, 0) is 39.7 Å². The molecule has 0 amide bonds. The Kier molecular flexibility index (Phi) is 61.4. The second-order valence-electron chi connectivity index (χ2n) is 0.224. The minimum absolute atomic E-state index is 0. The Morgan fingerprint density at radius 3 is 1.60 bits per heavy atom. The quantitative estimate of drug-likeness (QED) is 0.414. The Hall–Kier alpha value is 1.23. The van der Waals surface area contributed by atoms with Gasteiger partial charge in [-0.1, -0.05) is 6.61 Å². The molecule has 0 saturated heterocycles. The van der Waals surface area contributed by atoms with Crippen LogP contribution < -0.4 is 0 Å². The number of hydrogen-bond acceptors (Lipinski definition) is 1. The third-order valence-electron chi connectivity index (χ3n) is 0. The van der Waals surface area contributed by atoms with Crippen molar-refractivity contribution in [3.8, 4) is 0 Å². The Bertz CT molecular complexity index is 9.61. The third-order valence-corrected chi connectivity index (χ3v) is 0. The van der Waals surface area contributed by atoms with Gasteiger partial charge in [0.15, 0.2) is 0 Å². The summed E-state index contributed by atoms with van der Waals surface area (Å²) >= 11 is 0. The molecule has 0 aliphatic rings. The number of aliphatic hydroxyl groups is 1. The van der Waals surface area contributed by atoms with Crippen molar-refractivity contribution in [3.63, 3.8) is 0 Å². The van der Waals surface area contributed by atoms with Gasteiger partial charge in [0.25, 0.3) is 0 Å². The smallest absolute Gasteiger partial charge is 0 e. The van der Waals surface area contributed by atoms with E-state index in [4.69, 9.17) is 5.11 Å². The first-order valence-corrected chi connectivity index (χ1v) is 0.816. The van der Waals surface area contributed by atoms with Crippen LogP contribution in [-0.4, -0.2) is 11.7 Å². The molecule has 0 aromatic heterocycles. The predicted molar refractivity (Wildman–Crippen MR) is 12.4 cm³/mol. The van der Waals surface area contributed by atoms with Gasteiger partial charge < -0.3 is 12.0 Å². The van der Waals surface area contributed by atoms with Crippen LogP contribution in [0.5, 0.6) is 0 Å². The zero-order valence-corrected chi connectivity index (χ0v) is 6.19. The minimum atomic E-state index is 0. The van der Waals surface area contributed by atoms with E-state index in [0.717, 1.165) is 0 Å². The van der Waals surface area contributed by atoms with E-state index in [0.29, 0.717) is 0 Å². The summed E-state index contributed by atoms with van der Waals surface area (Å²) < 4.78 is 0. The molecule has 0 saturated carbocycles. The van der Waals surface area contributed by atoms with Crippen LogP contribution in [0.2, 0.25) is 0 Å². The summed E-state index contributed by atoms with van der Waals surface area (Å²) in [5.74, 6) is 0. The molecule has 0 spiro atoms. The van der Waals surface area contributed by atoms with E-state index < -0.39 is 0 Å². The van der Waals surface area contributed by atoms with Gasteiger partial charge in [0.1, 0.15) is 0 Å². The molecule has 3 heteroatoms. The topological polar surface area (TPSA) is 20.2 Å². The first-order valence-electron chi connectivity index (χ1n) is 0.816. The molecule has 0 aliphatic carbocycles. The molecule has 5 heavy (non-hydrogen) atoms. The second kappa shape index (κ2) is 18.8. The van der Waals surface area contributed by atoms with Gasteiger partial charge in [0.05, 0.1) is 0 Å². The fraction of sp³-hybridized carbons (Fsp3) is 0.500. The Labute approximate surface area is 58.4 Å². The maximum absolute atomic E-state index is 7.46. The van der Waals surface area contributed by atoms with E-state index in [1.807, 2.05) is 0 Å². The average molecular weight is 190 g/mol. The fourth-order valence-corrected chi connectivity index (χ4v) is 0. The molecular weight excluding hydrogens is 185 g/mol. The van der Waals surface area contributed by atoms with Crippen molar-refractivity contribution in [3.05, 3.63) is 6.92 Å². The summed E-state index contributed by atoms with van der Waals surface area (Å²) in [5.41, 5.74) is 0. The molecule has 0 unspecified atom stereocenters. The predicted octanol–water partition coefficient (Wildman–Crippen LogP) is -0.192. The second-order valence-corrected chi connectivity index (χ2v) is 0.224. The maximum atomic E-state index is 7.46. The molecule has 0 atom stereocenters. The SMILES string of the molecule is [CH2-]CO.[Cr].[Nb]. The van der Waals surface area contributed by atoms with Gasteiger partial charge in [0.2, 0.25) is 0 Å². The molecule has 1 N–H and O–H groups in total. The summed E-state index contributed by atoms with van der Waals surface area (Å²) in [7, 11) is 0. The third kappa shape index (κ3) is 36.0. The van der Waals surface area contributed by atoms with E-state index in [9.17, 15) is 0 Å². The number of hydrogen-bond donors (Lipinski definition) is 1. The zero-order chi connectivity index (χ0) is 2.71. The summed E-state index contributed by atoms with van der Waals surface area (Å²) in [6, 6.07) is 0. The van der Waals surface area contributed by atoms with Gasteiger partial charge in [-0.05, 0) is 0 Å². The maximum Gasteiger partial charge on any atom is 0 e. The molecule has 0 aromatic carbocycles. The molecule has 0 bridgehead atoms. The number of rotatable bonds is 0. The van der Waals surface area contributed by atoms with Crippen molar-refractivity contribution in [2.24, 2.45) is 0 Å². The van der Waals surface area contributed by atoms with Crippen molar-refractivity contribution in [2.45, 2.75) is 0 Å². The van der Waals surface area contributed by atoms with Gasteiger partial charge in [-0.15, -0.1) is 0 Å². The monoisotopic (exact) mass is 190 g/mol. The Morgan fingerprint density at radius 2 is 1.60 bits per heavy atom. The summed E-state index contributed by atoms with van der Waals surface area (Å²) in [6.45, 7) is 3.04. The molecular formula is C2H5CrNbO-. The van der Waals surface area contributed by atoms with E-state index in [2.05, 4.69) is 6.92 Å². The summed E-state index contributed by atoms with van der Waals surface area (Å²) in [5, 5.41) is 7.46. The molecule has 1 radical (unpaired) electrons. The Balaban J connectivity index is -0.0000000200. The largest absolute Gasteiger partial charge is 0.428 e. The minimum Gasteiger partial charge on any atom is -0.428 e. The fourth-order valence-electron chi connectivity index (χ4n) is 0. The van der Waals surface area contributed by atoms with Crippen molar-refractivity contribution in [1.29, 1.82) is 0 Å². The van der Waals surface area contributed by atoms with Crippen LogP contribution >= 0.6 is 0 Å². The van der Waals surface area contributed by atoms with Crippen molar-refractivity contribution in [2.75, 3.05) is 6.61 Å². The van der Waals surface area contributed by atoms with Crippen LogP contribution in [0.3, 0.4) is 0 Å². The van der Waals surface area contributed by atoms with Gasteiger partial charge in [0, 0.05) is 39.7 Å². The normalized spacial score (nSPS) is 3.60. The van der Waals surface area contributed by atoms with Gasteiger partial charge in [-0.25, -0.2) is 0 Å². The van der Waals surface area contributed by atoms with Crippen LogP contribution in [0.1, 0.15) is 0 Å². The molecule has 1 nitrogen and oxygen atoms in total. The first kappa shape index (κ1) is 16.3. The molecule has 0 rings (SSSR count). The van der Waals surface area contributed by atoms with E-state index in [1.165, 1.54) is 0 Å². The average Bonchev–Trinajstić information content (AvgIpc) is 0.918. The van der Waals surface area contributed by atoms with Crippen molar-refractivity contribution >= 4 is 0 Å². The molecule has 0 heterocycles. The first-order chi connectivity index (χ1) is 1.41. The standard InChI is InChI=1S/C2H5O.Cr.Nb/c1-2-3;;/h3H,1-2H2;;/q-1;;. The zero-order valence-electron chi connectivity index (χ0n) is 2.72. The van der Waals surface area contributed by atoms with Gasteiger partial charge in [-0.3, -0.25) is 0 Å². The summed E-state index contributed by atoms with van der Waals surface area (Å²) in [6.07, 6.45) is 0. The molecule has 0 aliphatic heterocycles. The number of aliphatic hydroxyl groups excluding tert-OH is 1. The van der Waals surface area contributed by atoms with Crippen molar-refractivity contribution < 1.29 is 44.8 Å². The van der Waals surface area contributed by atoms with Crippen LogP contribution in [0.4, 0.5) is 0 Å². The van der Waals surface area contributed by atoms with E-state index in [-0.39, 0.29) is 46.3 Å². The van der Waals surface area contributed by atoms with E-state index >= 15 is 0 Å². The molecule has 0 fully saturated rings. The Morgan fingerprint density at radius 1 is 1.60 bits per heavy atom. The summed E-state index contributed by atoms with van der Waals surface area (Å²) in [4.78, 5) is 0. The molecule has 0 aromatic rings. The van der Waals surface area contributed by atoms with Crippen LogP contribution in [0, 0.1) is 6.92 Å².